The maximum Gasteiger partial charge on any atom is 0.328 e. The van der Waals surface area contributed by atoms with E-state index in [-0.39, 0.29) is 24.0 Å². The first-order valence-electron chi connectivity index (χ1n) is 8.63. The van der Waals surface area contributed by atoms with E-state index >= 15 is 0 Å². The predicted octanol–water partition coefficient (Wildman–Crippen LogP) is 2.44. The zero-order valence-corrected chi connectivity index (χ0v) is 16.4. The van der Waals surface area contributed by atoms with Gasteiger partial charge in [0.25, 0.3) is 0 Å². The molecule has 28 heavy (non-hydrogen) atoms. The van der Waals surface area contributed by atoms with Gasteiger partial charge in [-0.2, -0.15) is 5.10 Å². The SMILES string of the molecule is COc1ncc(-c2cc3c(C(C)=O)nn(CC(=O)OC(C)(C)C)c3cn2)cn1. The lowest BCUT2D eigenvalue weighted by molar-refractivity contribution is -0.155. The predicted molar refractivity (Wildman–Crippen MR) is 101 cm³/mol. The number of nitrogens with zero attached hydrogens (tertiary/aromatic N) is 5. The van der Waals surface area contributed by atoms with Gasteiger partial charge in [0.05, 0.1) is 24.5 Å². The molecule has 9 nitrogen and oxygen atoms in total. The first-order chi connectivity index (χ1) is 13.2. The van der Waals surface area contributed by atoms with Crippen molar-refractivity contribution in [2.24, 2.45) is 0 Å². The number of rotatable bonds is 5. The van der Waals surface area contributed by atoms with Gasteiger partial charge < -0.3 is 9.47 Å². The molecule has 0 N–H and O–H groups in total. The first kappa shape index (κ1) is 19.4. The number of ether oxygens (including phenoxy) is 2. The van der Waals surface area contributed by atoms with Gasteiger partial charge in [0, 0.05) is 30.3 Å². The molecule has 3 heterocycles. The van der Waals surface area contributed by atoms with Gasteiger partial charge in [-0.1, -0.05) is 0 Å². The number of aromatic nitrogens is 5. The van der Waals surface area contributed by atoms with Gasteiger partial charge in [0.1, 0.15) is 17.8 Å². The lowest BCUT2D eigenvalue weighted by Gasteiger charge is -2.19. The van der Waals surface area contributed by atoms with E-state index in [1.807, 2.05) is 0 Å². The zero-order valence-electron chi connectivity index (χ0n) is 16.4. The normalized spacial score (nSPS) is 11.5. The maximum atomic E-state index is 12.2. The van der Waals surface area contributed by atoms with E-state index in [1.165, 1.54) is 18.7 Å². The molecule has 0 saturated carbocycles. The number of fused-ring (bicyclic) bond motifs is 1. The van der Waals surface area contributed by atoms with Gasteiger partial charge >= 0.3 is 12.0 Å². The monoisotopic (exact) mass is 383 g/mol. The molecule has 0 atom stereocenters. The summed E-state index contributed by atoms with van der Waals surface area (Å²) < 4.78 is 11.7. The lowest BCUT2D eigenvalue weighted by Crippen LogP contribution is -2.26. The van der Waals surface area contributed by atoms with Crippen LogP contribution in [0.25, 0.3) is 22.2 Å². The quantitative estimate of drug-likeness (QED) is 0.488. The standard InChI is InChI=1S/C19H21N5O4/c1-11(25)17-13-6-14(12-7-21-18(27-5)22-8-12)20-9-15(13)24(23-17)10-16(26)28-19(2,3)4/h6-9H,10H2,1-5H3. The van der Waals surface area contributed by atoms with Crippen molar-refractivity contribution in [1.82, 2.24) is 24.7 Å². The number of carbonyl (C=O) groups excluding carboxylic acids is 2. The molecule has 0 bridgehead atoms. The van der Waals surface area contributed by atoms with Crippen LogP contribution in [0, 0.1) is 0 Å². The summed E-state index contributed by atoms with van der Waals surface area (Å²) >= 11 is 0. The number of ketones is 1. The molecule has 0 unspecified atom stereocenters. The fourth-order valence-electron chi connectivity index (χ4n) is 2.66. The van der Waals surface area contributed by atoms with E-state index in [2.05, 4.69) is 20.1 Å². The van der Waals surface area contributed by atoms with Crippen LogP contribution < -0.4 is 4.74 Å². The molecule has 0 fully saturated rings. The van der Waals surface area contributed by atoms with E-state index in [4.69, 9.17) is 9.47 Å². The number of esters is 1. The van der Waals surface area contributed by atoms with Gasteiger partial charge in [-0.05, 0) is 26.8 Å². The average molecular weight is 383 g/mol. The highest BCUT2D eigenvalue weighted by Gasteiger charge is 2.21. The number of pyridine rings is 1. The van der Waals surface area contributed by atoms with Crippen LogP contribution in [0.15, 0.2) is 24.7 Å². The van der Waals surface area contributed by atoms with Crippen LogP contribution in [0.1, 0.15) is 38.2 Å². The van der Waals surface area contributed by atoms with E-state index < -0.39 is 11.6 Å². The van der Waals surface area contributed by atoms with Gasteiger partial charge in [0.2, 0.25) is 0 Å². The highest BCUT2D eigenvalue weighted by atomic mass is 16.6. The Bertz CT molecular complexity index is 1030. The molecule has 0 saturated heterocycles. The molecule has 9 heteroatoms. The third-order valence-electron chi connectivity index (χ3n) is 3.78. The molecule has 0 aromatic carbocycles. The van der Waals surface area contributed by atoms with Crippen LogP contribution in [0.2, 0.25) is 0 Å². The second-order valence-corrected chi connectivity index (χ2v) is 7.19. The van der Waals surface area contributed by atoms with E-state index in [0.717, 1.165) is 0 Å². The largest absolute Gasteiger partial charge is 0.467 e. The van der Waals surface area contributed by atoms with Gasteiger partial charge in [-0.25, -0.2) is 9.97 Å². The van der Waals surface area contributed by atoms with E-state index in [0.29, 0.717) is 22.2 Å². The van der Waals surface area contributed by atoms with Crippen LogP contribution in [0.4, 0.5) is 0 Å². The molecular weight excluding hydrogens is 362 g/mol. The maximum absolute atomic E-state index is 12.2. The van der Waals surface area contributed by atoms with Crippen molar-refractivity contribution in [2.75, 3.05) is 7.11 Å². The molecule has 0 aliphatic carbocycles. The number of carbonyl (C=O) groups is 2. The summed E-state index contributed by atoms with van der Waals surface area (Å²) in [6.07, 6.45) is 4.73. The average Bonchev–Trinajstić information content (AvgIpc) is 2.98. The summed E-state index contributed by atoms with van der Waals surface area (Å²) in [5.74, 6) is -0.657. The highest BCUT2D eigenvalue weighted by Crippen LogP contribution is 2.25. The summed E-state index contributed by atoms with van der Waals surface area (Å²) in [5, 5.41) is 4.89. The molecule has 0 radical (unpaired) electrons. The van der Waals surface area contributed by atoms with Gasteiger partial charge in [0.15, 0.2) is 5.78 Å². The third-order valence-corrected chi connectivity index (χ3v) is 3.78. The van der Waals surface area contributed by atoms with Crippen molar-refractivity contribution >= 4 is 22.7 Å². The molecular formula is C19H21N5O4. The van der Waals surface area contributed by atoms with E-state index in [1.54, 1.807) is 45.4 Å². The lowest BCUT2D eigenvalue weighted by atomic mass is 10.1. The van der Waals surface area contributed by atoms with Crippen molar-refractivity contribution in [3.05, 3.63) is 30.4 Å². The topological polar surface area (TPSA) is 109 Å². The molecule has 0 spiro atoms. The molecule has 146 valence electrons. The van der Waals surface area contributed by atoms with Crippen molar-refractivity contribution in [3.63, 3.8) is 0 Å². The fraction of sp³-hybridized carbons (Fsp3) is 0.368. The minimum absolute atomic E-state index is 0.117. The first-order valence-corrected chi connectivity index (χ1v) is 8.63. The Morgan fingerprint density at radius 3 is 2.36 bits per heavy atom. The summed E-state index contributed by atoms with van der Waals surface area (Å²) in [4.78, 5) is 36.8. The molecule has 0 aliphatic rings. The second kappa shape index (κ2) is 7.34. The van der Waals surface area contributed by atoms with Crippen LogP contribution in [-0.2, 0) is 16.1 Å². The van der Waals surface area contributed by atoms with Crippen molar-refractivity contribution in [1.29, 1.82) is 0 Å². The Kier molecular flexibility index (Phi) is 5.08. The summed E-state index contributed by atoms with van der Waals surface area (Å²) in [6.45, 7) is 6.68. The Labute approximate surface area is 161 Å². The summed E-state index contributed by atoms with van der Waals surface area (Å²) in [7, 11) is 1.48. The van der Waals surface area contributed by atoms with Gasteiger partial charge in [-0.15, -0.1) is 0 Å². The van der Waals surface area contributed by atoms with Gasteiger partial charge in [-0.3, -0.25) is 19.3 Å². The van der Waals surface area contributed by atoms with Crippen LogP contribution in [0.5, 0.6) is 6.01 Å². The zero-order chi connectivity index (χ0) is 20.5. The number of Topliss-reactive ketones (excluding diaryl/α,β-unsaturated/α-hetero) is 1. The minimum Gasteiger partial charge on any atom is -0.467 e. The number of hydrogen-bond acceptors (Lipinski definition) is 8. The smallest absolute Gasteiger partial charge is 0.328 e. The Balaban J connectivity index is 2.01. The molecule has 0 amide bonds. The summed E-state index contributed by atoms with van der Waals surface area (Å²) in [6, 6.07) is 1.98. The molecule has 0 aliphatic heterocycles. The molecule has 3 rings (SSSR count). The Hall–Kier alpha value is -3.36. The molecule has 3 aromatic rings. The van der Waals surface area contributed by atoms with Crippen molar-refractivity contribution in [3.8, 4) is 17.3 Å². The Morgan fingerprint density at radius 2 is 1.79 bits per heavy atom. The number of hydrogen-bond donors (Lipinski definition) is 0. The Morgan fingerprint density at radius 1 is 1.11 bits per heavy atom. The van der Waals surface area contributed by atoms with Crippen molar-refractivity contribution < 1.29 is 19.1 Å². The van der Waals surface area contributed by atoms with Crippen LogP contribution >= 0.6 is 0 Å². The van der Waals surface area contributed by atoms with Crippen LogP contribution in [-0.4, -0.2) is 49.2 Å². The second-order valence-electron chi connectivity index (χ2n) is 7.19. The number of methoxy groups -OCH3 is 1. The third kappa shape index (κ3) is 4.13. The highest BCUT2D eigenvalue weighted by molar-refractivity contribution is 6.05. The van der Waals surface area contributed by atoms with Crippen molar-refractivity contribution in [2.45, 2.75) is 39.8 Å². The minimum atomic E-state index is -0.608. The summed E-state index contributed by atoms with van der Waals surface area (Å²) in [5.41, 5.74) is 1.46. The van der Waals surface area contributed by atoms with E-state index in [9.17, 15) is 9.59 Å². The fourth-order valence-corrected chi connectivity index (χ4v) is 2.66. The molecule has 3 aromatic heterocycles. The van der Waals surface area contributed by atoms with Crippen LogP contribution in [0.3, 0.4) is 0 Å².